The predicted octanol–water partition coefficient (Wildman–Crippen LogP) is 3.11. The Morgan fingerprint density at radius 3 is 2.54 bits per heavy atom. The molecule has 1 heterocycles. The van der Waals surface area contributed by atoms with E-state index in [9.17, 15) is 0 Å². The molecule has 2 aromatic carbocycles. The first-order valence-corrected chi connectivity index (χ1v) is 7.82. The van der Waals surface area contributed by atoms with Gasteiger partial charge in [-0.2, -0.15) is 0 Å². The molecule has 0 spiro atoms. The van der Waals surface area contributed by atoms with Crippen molar-refractivity contribution in [1.82, 2.24) is 15.3 Å². The first kappa shape index (κ1) is 16.1. The Kier molecular flexibility index (Phi) is 4.86. The molecule has 3 aromatic rings. The zero-order chi connectivity index (χ0) is 16.9. The van der Waals surface area contributed by atoms with Gasteiger partial charge in [0.2, 0.25) is 0 Å². The van der Waals surface area contributed by atoms with E-state index >= 15 is 0 Å². The lowest BCUT2D eigenvalue weighted by atomic mass is 10.1. The predicted molar refractivity (Wildman–Crippen MR) is 97.6 cm³/mol. The van der Waals surface area contributed by atoms with Crippen molar-refractivity contribution in [2.45, 2.75) is 6.54 Å². The molecule has 0 bridgehead atoms. The molecule has 0 radical (unpaired) electrons. The molecule has 0 aliphatic rings. The second-order valence-corrected chi connectivity index (χ2v) is 5.53. The Balaban J connectivity index is 1.75. The number of fused-ring (bicyclic) bond motifs is 1. The van der Waals surface area contributed by atoms with Crippen molar-refractivity contribution in [3.8, 4) is 11.5 Å². The minimum Gasteiger partial charge on any atom is -0.497 e. The van der Waals surface area contributed by atoms with Crippen LogP contribution in [0, 0.1) is 0 Å². The first-order valence-electron chi connectivity index (χ1n) is 7.41. The molecule has 0 aliphatic heterocycles. The summed E-state index contributed by atoms with van der Waals surface area (Å²) < 4.78 is 10.6. The summed E-state index contributed by atoms with van der Waals surface area (Å²) in [5.74, 6) is 1.51. The SMILES string of the molecule is COc1ccc(CNC(=S)c2ccc3nccnc3c2)c(OC)c1. The zero-order valence-electron chi connectivity index (χ0n) is 13.4. The van der Waals surface area contributed by atoms with Crippen molar-refractivity contribution in [3.05, 3.63) is 59.9 Å². The van der Waals surface area contributed by atoms with Crippen LogP contribution in [0.25, 0.3) is 11.0 Å². The molecule has 0 aliphatic carbocycles. The topological polar surface area (TPSA) is 56.3 Å². The van der Waals surface area contributed by atoms with Crippen LogP contribution < -0.4 is 14.8 Å². The van der Waals surface area contributed by atoms with Crippen molar-refractivity contribution in [3.63, 3.8) is 0 Å². The molecule has 0 saturated carbocycles. The summed E-state index contributed by atoms with van der Waals surface area (Å²) in [5, 5.41) is 3.25. The number of hydrogen-bond donors (Lipinski definition) is 1. The Morgan fingerprint density at radius 2 is 1.79 bits per heavy atom. The van der Waals surface area contributed by atoms with Crippen molar-refractivity contribution >= 4 is 28.2 Å². The number of aromatic nitrogens is 2. The highest BCUT2D eigenvalue weighted by molar-refractivity contribution is 7.80. The number of nitrogens with zero attached hydrogens (tertiary/aromatic N) is 2. The number of rotatable bonds is 5. The van der Waals surface area contributed by atoms with Gasteiger partial charge in [0, 0.05) is 36.1 Å². The Labute approximate surface area is 145 Å². The van der Waals surface area contributed by atoms with E-state index in [1.54, 1.807) is 26.6 Å². The van der Waals surface area contributed by atoms with Crippen LogP contribution in [0.5, 0.6) is 11.5 Å². The minimum atomic E-state index is 0.560. The van der Waals surface area contributed by atoms with Gasteiger partial charge in [-0.3, -0.25) is 9.97 Å². The number of methoxy groups -OCH3 is 2. The van der Waals surface area contributed by atoms with Crippen LogP contribution in [-0.4, -0.2) is 29.2 Å². The molecule has 0 saturated heterocycles. The molecule has 0 unspecified atom stereocenters. The molecule has 1 aromatic heterocycles. The maximum Gasteiger partial charge on any atom is 0.127 e. The van der Waals surface area contributed by atoms with E-state index in [0.29, 0.717) is 11.5 Å². The second-order valence-electron chi connectivity index (χ2n) is 5.12. The fraction of sp³-hybridized carbons (Fsp3) is 0.167. The lowest BCUT2D eigenvalue weighted by molar-refractivity contribution is 0.390. The highest BCUT2D eigenvalue weighted by Gasteiger charge is 2.08. The van der Waals surface area contributed by atoms with Gasteiger partial charge in [0.15, 0.2) is 0 Å². The van der Waals surface area contributed by atoms with Gasteiger partial charge >= 0.3 is 0 Å². The van der Waals surface area contributed by atoms with Crippen LogP contribution in [0.3, 0.4) is 0 Å². The molecule has 5 nitrogen and oxygen atoms in total. The van der Waals surface area contributed by atoms with Gasteiger partial charge in [-0.15, -0.1) is 0 Å². The third-order valence-electron chi connectivity index (χ3n) is 3.67. The lowest BCUT2D eigenvalue weighted by Crippen LogP contribution is -2.22. The van der Waals surface area contributed by atoms with E-state index in [4.69, 9.17) is 21.7 Å². The van der Waals surface area contributed by atoms with Crippen molar-refractivity contribution in [2.24, 2.45) is 0 Å². The normalized spacial score (nSPS) is 10.4. The summed E-state index contributed by atoms with van der Waals surface area (Å²) in [4.78, 5) is 9.22. The fourth-order valence-corrected chi connectivity index (χ4v) is 2.58. The van der Waals surface area contributed by atoms with Gasteiger partial charge in [0.25, 0.3) is 0 Å². The Bertz CT molecular complexity index is 883. The summed E-state index contributed by atoms with van der Waals surface area (Å²) in [6.07, 6.45) is 3.35. The molecule has 122 valence electrons. The summed E-state index contributed by atoms with van der Waals surface area (Å²) in [6.45, 7) is 0.560. The van der Waals surface area contributed by atoms with Crippen LogP contribution in [0.15, 0.2) is 48.8 Å². The van der Waals surface area contributed by atoms with Crippen LogP contribution >= 0.6 is 12.2 Å². The molecule has 24 heavy (non-hydrogen) atoms. The third-order valence-corrected chi connectivity index (χ3v) is 4.05. The van der Waals surface area contributed by atoms with Gasteiger partial charge in [-0.1, -0.05) is 12.2 Å². The minimum absolute atomic E-state index is 0.560. The van der Waals surface area contributed by atoms with Crippen molar-refractivity contribution < 1.29 is 9.47 Å². The van der Waals surface area contributed by atoms with E-state index in [1.807, 2.05) is 36.4 Å². The van der Waals surface area contributed by atoms with E-state index < -0.39 is 0 Å². The van der Waals surface area contributed by atoms with Gasteiger partial charge in [-0.05, 0) is 30.3 Å². The summed E-state index contributed by atoms with van der Waals surface area (Å²) in [6, 6.07) is 11.5. The maximum absolute atomic E-state index is 5.49. The summed E-state index contributed by atoms with van der Waals surface area (Å²) in [5.41, 5.74) is 3.58. The van der Waals surface area contributed by atoms with E-state index in [2.05, 4.69) is 15.3 Å². The number of hydrogen-bond acceptors (Lipinski definition) is 5. The zero-order valence-corrected chi connectivity index (χ0v) is 14.3. The smallest absolute Gasteiger partial charge is 0.127 e. The number of thiocarbonyl (C=S) groups is 1. The van der Waals surface area contributed by atoms with Gasteiger partial charge in [0.1, 0.15) is 16.5 Å². The van der Waals surface area contributed by atoms with Gasteiger partial charge in [-0.25, -0.2) is 0 Å². The number of nitrogens with one attached hydrogen (secondary N) is 1. The van der Waals surface area contributed by atoms with Crippen molar-refractivity contribution in [2.75, 3.05) is 14.2 Å². The summed E-state index contributed by atoms with van der Waals surface area (Å²) in [7, 11) is 3.27. The van der Waals surface area contributed by atoms with Crippen LogP contribution in [-0.2, 0) is 6.54 Å². The quantitative estimate of drug-likeness (QED) is 0.721. The average molecular weight is 339 g/mol. The van der Waals surface area contributed by atoms with E-state index in [-0.39, 0.29) is 0 Å². The first-order chi connectivity index (χ1) is 11.7. The lowest BCUT2D eigenvalue weighted by Gasteiger charge is -2.13. The fourth-order valence-electron chi connectivity index (χ4n) is 2.38. The molecule has 0 fully saturated rings. The molecule has 3 rings (SSSR count). The standard InChI is InChI=1S/C18H17N3O2S/c1-22-14-5-3-13(17(10-14)23-2)11-21-18(24)12-4-6-15-16(9-12)20-8-7-19-15/h3-10H,11H2,1-2H3,(H,21,24). The molecule has 0 amide bonds. The molecule has 6 heteroatoms. The largest absolute Gasteiger partial charge is 0.497 e. The highest BCUT2D eigenvalue weighted by atomic mass is 32.1. The highest BCUT2D eigenvalue weighted by Crippen LogP contribution is 2.24. The summed E-state index contributed by atoms with van der Waals surface area (Å²) >= 11 is 5.49. The molecule has 0 atom stereocenters. The van der Waals surface area contributed by atoms with Crippen LogP contribution in [0.1, 0.15) is 11.1 Å². The monoisotopic (exact) mass is 339 g/mol. The molecular weight excluding hydrogens is 322 g/mol. The Morgan fingerprint density at radius 1 is 1.00 bits per heavy atom. The molecule has 1 N–H and O–H groups in total. The maximum atomic E-state index is 5.49. The number of ether oxygens (including phenoxy) is 2. The number of benzene rings is 2. The Hall–Kier alpha value is -2.73. The van der Waals surface area contributed by atoms with Gasteiger partial charge in [0.05, 0.1) is 25.3 Å². The van der Waals surface area contributed by atoms with Crippen molar-refractivity contribution in [1.29, 1.82) is 0 Å². The second kappa shape index (κ2) is 7.23. The molecular formula is C18H17N3O2S. The van der Waals surface area contributed by atoms with E-state index in [1.165, 1.54) is 0 Å². The van der Waals surface area contributed by atoms with Crippen LogP contribution in [0.2, 0.25) is 0 Å². The van der Waals surface area contributed by atoms with E-state index in [0.717, 1.165) is 33.7 Å². The third kappa shape index (κ3) is 3.44. The van der Waals surface area contributed by atoms with Crippen LogP contribution in [0.4, 0.5) is 0 Å². The van der Waals surface area contributed by atoms with Gasteiger partial charge < -0.3 is 14.8 Å². The average Bonchev–Trinajstić information content (AvgIpc) is 2.65.